The van der Waals surface area contributed by atoms with Gasteiger partial charge in [-0.25, -0.2) is 4.79 Å². The molecule has 0 unspecified atom stereocenters. The van der Waals surface area contributed by atoms with Crippen molar-refractivity contribution in [1.82, 2.24) is 4.90 Å². The minimum Gasteiger partial charge on any atom is -0.465 e. The number of alkyl halides is 2. The van der Waals surface area contributed by atoms with Crippen molar-refractivity contribution in [3.8, 4) is 0 Å². The van der Waals surface area contributed by atoms with E-state index in [1.54, 1.807) is 18.2 Å². The maximum Gasteiger partial charge on any atom is 0.348 e. The van der Waals surface area contributed by atoms with Crippen molar-refractivity contribution in [3.05, 3.63) is 69.9 Å². The van der Waals surface area contributed by atoms with Crippen LogP contribution in [0.4, 0.5) is 8.78 Å². The molecule has 3 atom stereocenters. The molecule has 1 saturated heterocycles. The summed E-state index contributed by atoms with van der Waals surface area (Å²) in [5, 5.41) is 10.6. The van der Waals surface area contributed by atoms with Gasteiger partial charge in [0, 0.05) is 17.8 Å². The Hall–Kier alpha value is -2.58. The van der Waals surface area contributed by atoms with Crippen LogP contribution in [0.3, 0.4) is 0 Å². The second-order valence-corrected chi connectivity index (χ2v) is 10.9. The van der Waals surface area contributed by atoms with Crippen LogP contribution in [-0.2, 0) is 22.4 Å². The molecule has 1 aliphatic rings. The first-order chi connectivity index (χ1) is 17.7. The van der Waals surface area contributed by atoms with E-state index in [1.807, 2.05) is 31.2 Å². The Morgan fingerprint density at radius 2 is 1.92 bits per heavy atom. The summed E-state index contributed by atoms with van der Waals surface area (Å²) >= 11 is 1.30. The summed E-state index contributed by atoms with van der Waals surface area (Å²) < 4.78 is 33.2. The third kappa shape index (κ3) is 8.47. The zero-order valence-electron chi connectivity index (χ0n) is 21.6. The molecule has 0 saturated carbocycles. The van der Waals surface area contributed by atoms with Gasteiger partial charge in [-0.1, -0.05) is 62.2 Å². The SMILES string of the molecule is COC(=O)c1ccc(CCCN2C(=O)C(F)(F)C[C@@H]2/C=C/[C@@H](O)[C@H](C)CCCCCc2ccccc2)s1. The summed E-state index contributed by atoms with van der Waals surface area (Å²) in [7, 11) is 1.32. The summed E-state index contributed by atoms with van der Waals surface area (Å²) in [6, 6.07) is 13.1. The topological polar surface area (TPSA) is 66.8 Å². The zero-order valence-corrected chi connectivity index (χ0v) is 22.4. The van der Waals surface area contributed by atoms with Crippen molar-refractivity contribution < 1.29 is 28.2 Å². The van der Waals surface area contributed by atoms with E-state index in [4.69, 9.17) is 4.74 Å². The zero-order chi connectivity index (χ0) is 26.8. The highest BCUT2D eigenvalue weighted by Gasteiger charge is 2.52. The van der Waals surface area contributed by atoms with Crippen LogP contribution in [0, 0.1) is 5.92 Å². The van der Waals surface area contributed by atoms with E-state index in [2.05, 4.69) is 12.1 Å². The third-order valence-corrected chi connectivity index (χ3v) is 8.02. The lowest BCUT2D eigenvalue weighted by Gasteiger charge is -2.22. The van der Waals surface area contributed by atoms with E-state index in [0.29, 0.717) is 17.7 Å². The number of hydrogen-bond acceptors (Lipinski definition) is 5. The molecule has 8 heteroatoms. The number of carbonyl (C=O) groups excluding carboxylic acids is 2. The second-order valence-electron chi connectivity index (χ2n) is 9.77. The molecule has 1 aliphatic heterocycles. The fraction of sp³-hybridized carbons (Fsp3) is 0.517. The first kappa shape index (κ1) is 29.0. The Bertz CT molecular complexity index is 1040. The molecule has 3 rings (SSSR count). The number of aliphatic hydroxyl groups is 1. The summed E-state index contributed by atoms with van der Waals surface area (Å²) in [4.78, 5) is 26.6. The van der Waals surface area contributed by atoms with Gasteiger partial charge in [0.1, 0.15) is 4.88 Å². The highest BCUT2D eigenvalue weighted by Crippen LogP contribution is 2.34. The second kappa shape index (κ2) is 13.8. The van der Waals surface area contributed by atoms with E-state index in [0.717, 1.165) is 37.0 Å². The Labute approximate surface area is 222 Å². The van der Waals surface area contributed by atoms with Crippen LogP contribution in [0.5, 0.6) is 0 Å². The number of aliphatic hydroxyl groups excluding tert-OH is 1. The lowest BCUT2D eigenvalue weighted by molar-refractivity contribution is -0.148. The van der Waals surface area contributed by atoms with Gasteiger partial charge in [0.2, 0.25) is 0 Å². The monoisotopic (exact) mass is 533 g/mol. The average Bonchev–Trinajstić information content (AvgIpc) is 3.45. The fourth-order valence-corrected chi connectivity index (χ4v) is 5.59. The Morgan fingerprint density at radius 3 is 2.65 bits per heavy atom. The number of rotatable bonds is 14. The van der Waals surface area contributed by atoms with Gasteiger partial charge in [0.05, 0.1) is 19.3 Å². The number of hydrogen-bond donors (Lipinski definition) is 1. The molecule has 0 bridgehead atoms. The fourth-order valence-electron chi connectivity index (χ4n) is 4.63. The van der Waals surface area contributed by atoms with Crippen molar-refractivity contribution >= 4 is 23.2 Å². The van der Waals surface area contributed by atoms with Gasteiger partial charge in [-0.05, 0) is 55.7 Å². The molecule has 5 nitrogen and oxygen atoms in total. The minimum atomic E-state index is -3.40. The van der Waals surface area contributed by atoms with Crippen molar-refractivity contribution in [3.63, 3.8) is 0 Å². The van der Waals surface area contributed by atoms with E-state index in [1.165, 1.54) is 28.9 Å². The van der Waals surface area contributed by atoms with Crippen LogP contribution in [0.25, 0.3) is 0 Å². The minimum absolute atomic E-state index is 0.00174. The number of methoxy groups -OCH3 is 1. The number of thiophene rings is 1. The number of carbonyl (C=O) groups is 2. The van der Waals surface area contributed by atoms with E-state index >= 15 is 0 Å². The summed E-state index contributed by atoms with van der Waals surface area (Å²) in [6.07, 6.45) is 7.91. The van der Waals surface area contributed by atoms with Gasteiger partial charge >= 0.3 is 11.9 Å². The first-order valence-electron chi connectivity index (χ1n) is 13.0. The Kier molecular flexibility index (Phi) is 10.8. The largest absolute Gasteiger partial charge is 0.465 e. The van der Waals surface area contributed by atoms with E-state index in [-0.39, 0.29) is 12.5 Å². The van der Waals surface area contributed by atoms with Crippen molar-refractivity contribution in [2.75, 3.05) is 13.7 Å². The van der Waals surface area contributed by atoms with Gasteiger partial charge in [0.25, 0.3) is 5.91 Å². The van der Waals surface area contributed by atoms with Crippen molar-refractivity contribution in [2.45, 2.75) is 76.4 Å². The molecule has 0 aliphatic carbocycles. The average molecular weight is 534 g/mol. The normalized spacial score (nSPS) is 18.9. The van der Waals surface area contributed by atoms with Crippen molar-refractivity contribution in [2.24, 2.45) is 5.92 Å². The summed E-state index contributed by atoms with van der Waals surface area (Å²) in [6.45, 7) is 2.14. The molecular formula is C29H37F2NO4S. The van der Waals surface area contributed by atoms with Crippen LogP contribution in [0.15, 0.2) is 54.6 Å². The number of amides is 1. The van der Waals surface area contributed by atoms with E-state index in [9.17, 15) is 23.5 Å². The van der Waals surface area contributed by atoms with Crippen LogP contribution >= 0.6 is 11.3 Å². The van der Waals surface area contributed by atoms with Gasteiger partial charge in [-0.15, -0.1) is 11.3 Å². The van der Waals surface area contributed by atoms with Gasteiger partial charge in [0.15, 0.2) is 0 Å². The number of esters is 1. The number of benzene rings is 1. The molecule has 1 amide bonds. The smallest absolute Gasteiger partial charge is 0.348 e. The summed E-state index contributed by atoms with van der Waals surface area (Å²) in [5.74, 6) is -4.96. The van der Waals surface area contributed by atoms with Crippen LogP contribution in [0.2, 0.25) is 0 Å². The van der Waals surface area contributed by atoms with Gasteiger partial charge in [-0.3, -0.25) is 4.79 Å². The number of aryl methyl sites for hydroxylation is 2. The van der Waals surface area contributed by atoms with Crippen LogP contribution in [-0.4, -0.2) is 53.6 Å². The first-order valence-corrected chi connectivity index (χ1v) is 13.8. The maximum absolute atomic E-state index is 14.2. The molecule has 0 radical (unpaired) electrons. The highest BCUT2D eigenvalue weighted by molar-refractivity contribution is 7.13. The van der Waals surface area contributed by atoms with Crippen molar-refractivity contribution in [1.29, 1.82) is 0 Å². The molecule has 202 valence electrons. The molecule has 37 heavy (non-hydrogen) atoms. The molecule has 1 aromatic heterocycles. The molecule has 0 spiro atoms. The molecular weight excluding hydrogens is 496 g/mol. The lowest BCUT2D eigenvalue weighted by atomic mass is 9.95. The third-order valence-electron chi connectivity index (χ3n) is 6.89. The van der Waals surface area contributed by atoms with Crippen LogP contribution in [0.1, 0.15) is 65.6 Å². The Balaban J connectivity index is 1.45. The maximum atomic E-state index is 14.2. The molecule has 1 N–H and O–H groups in total. The Morgan fingerprint density at radius 1 is 1.16 bits per heavy atom. The molecule has 1 fully saturated rings. The standard InChI is InChI=1S/C29H37F2NO4S/c1-21(10-5-3-6-11-22-12-7-4-8-13-22)25(33)17-15-23-20-29(30,31)28(35)32(23)19-9-14-24-16-18-26(37-24)27(34)36-2/h4,7-8,12-13,15-18,21,23,25,33H,3,5-6,9-11,14,19-20H2,1-2H3/b17-15+/t21-,23+,25-/m1/s1. The predicted molar refractivity (Wildman–Crippen MR) is 142 cm³/mol. The highest BCUT2D eigenvalue weighted by atomic mass is 32.1. The number of ether oxygens (including phenoxy) is 1. The molecule has 2 heterocycles. The molecule has 2 aromatic rings. The lowest BCUT2D eigenvalue weighted by Crippen LogP contribution is -2.36. The number of halogens is 2. The number of unbranched alkanes of at least 4 members (excludes halogenated alkanes) is 2. The van der Waals surface area contributed by atoms with Crippen LogP contribution < -0.4 is 0 Å². The predicted octanol–water partition coefficient (Wildman–Crippen LogP) is 6.06. The summed E-state index contributed by atoms with van der Waals surface area (Å²) in [5.41, 5.74) is 1.33. The van der Waals surface area contributed by atoms with Gasteiger partial charge < -0.3 is 14.7 Å². The number of likely N-dealkylation sites (tertiary alicyclic amines) is 1. The van der Waals surface area contributed by atoms with Gasteiger partial charge in [-0.2, -0.15) is 8.78 Å². The quantitative estimate of drug-likeness (QED) is 0.182. The molecule has 1 aromatic carbocycles. The van der Waals surface area contributed by atoms with E-state index < -0.39 is 36.4 Å². The number of nitrogens with zero attached hydrogens (tertiary/aromatic N) is 1.